The van der Waals surface area contributed by atoms with Gasteiger partial charge in [0, 0.05) is 24.5 Å². The molecule has 0 aromatic heterocycles. The highest BCUT2D eigenvalue weighted by atomic mass is 35.5. The van der Waals surface area contributed by atoms with E-state index in [1.165, 1.54) is 5.56 Å². The highest BCUT2D eigenvalue weighted by Crippen LogP contribution is 2.22. The van der Waals surface area contributed by atoms with Crippen LogP contribution < -0.4 is 0 Å². The fourth-order valence-corrected chi connectivity index (χ4v) is 2.79. The number of benzene rings is 1. The molecule has 2 rings (SSSR count). The lowest BCUT2D eigenvalue weighted by Crippen LogP contribution is -2.21. The Morgan fingerprint density at radius 2 is 2.37 bits per heavy atom. The molecular weight excluding hydrogens is 262 g/mol. The van der Waals surface area contributed by atoms with Crippen LogP contribution in [0.5, 0.6) is 0 Å². The molecule has 0 bridgehead atoms. The van der Waals surface area contributed by atoms with Gasteiger partial charge < -0.3 is 4.74 Å². The fourth-order valence-electron chi connectivity index (χ4n) is 2.57. The van der Waals surface area contributed by atoms with Gasteiger partial charge in [0.05, 0.1) is 6.61 Å². The number of carbonyl (C=O) groups is 1. The van der Waals surface area contributed by atoms with Gasteiger partial charge in [-0.15, -0.1) is 0 Å². The minimum absolute atomic E-state index is 0.0721. The van der Waals surface area contributed by atoms with Crippen LogP contribution in [-0.2, 0) is 16.1 Å². The summed E-state index contributed by atoms with van der Waals surface area (Å²) >= 11 is 5.98. The summed E-state index contributed by atoms with van der Waals surface area (Å²) in [6.07, 6.45) is 1.61. The summed E-state index contributed by atoms with van der Waals surface area (Å²) in [5.74, 6) is 0.357. The molecule has 0 spiro atoms. The van der Waals surface area contributed by atoms with Gasteiger partial charge in [0.1, 0.15) is 0 Å². The van der Waals surface area contributed by atoms with E-state index in [-0.39, 0.29) is 5.97 Å². The van der Waals surface area contributed by atoms with Crippen molar-refractivity contribution < 1.29 is 9.53 Å². The highest BCUT2D eigenvalue weighted by molar-refractivity contribution is 6.30. The van der Waals surface area contributed by atoms with E-state index in [4.69, 9.17) is 16.3 Å². The number of hydrogen-bond donors (Lipinski definition) is 0. The molecule has 0 aliphatic carbocycles. The first-order chi connectivity index (χ1) is 9.17. The molecule has 0 N–H and O–H groups in total. The van der Waals surface area contributed by atoms with E-state index < -0.39 is 0 Å². The van der Waals surface area contributed by atoms with E-state index in [2.05, 4.69) is 11.0 Å². The Morgan fingerprint density at radius 3 is 3.11 bits per heavy atom. The van der Waals surface area contributed by atoms with Crippen molar-refractivity contribution in [3.8, 4) is 0 Å². The average Bonchev–Trinajstić information content (AvgIpc) is 2.76. The molecule has 1 unspecified atom stereocenters. The van der Waals surface area contributed by atoms with E-state index in [1.807, 2.05) is 25.1 Å². The predicted octanol–water partition coefficient (Wildman–Crippen LogP) is 3.12. The van der Waals surface area contributed by atoms with E-state index in [0.717, 1.165) is 31.1 Å². The first kappa shape index (κ1) is 14.4. The molecular formula is C15H20ClNO2. The summed E-state index contributed by atoms with van der Waals surface area (Å²) in [5, 5.41) is 0.778. The molecule has 1 saturated heterocycles. The number of nitrogens with zero attached hydrogens (tertiary/aromatic N) is 1. The molecule has 0 saturated carbocycles. The summed E-state index contributed by atoms with van der Waals surface area (Å²) in [6.45, 7) is 5.22. The second-order valence-corrected chi connectivity index (χ2v) is 5.47. The van der Waals surface area contributed by atoms with Crippen molar-refractivity contribution in [2.24, 2.45) is 5.92 Å². The highest BCUT2D eigenvalue weighted by Gasteiger charge is 2.24. The molecule has 104 valence electrons. The quantitative estimate of drug-likeness (QED) is 0.777. The largest absolute Gasteiger partial charge is 0.466 e. The summed E-state index contributed by atoms with van der Waals surface area (Å²) in [5.41, 5.74) is 1.23. The second kappa shape index (κ2) is 6.92. The molecule has 0 amide bonds. The van der Waals surface area contributed by atoms with Crippen molar-refractivity contribution in [3.05, 3.63) is 34.9 Å². The molecule has 19 heavy (non-hydrogen) atoms. The maximum absolute atomic E-state index is 11.5. The zero-order chi connectivity index (χ0) is 13.7. The molecule has 1 heterocycles. The summed E-state index contributed by atoms with van der Waals surface area (Å²) in [6, 6.07) is 7.95. The van der Waals surface area contributed by atoms with Gasteiger partial charge in [0.25, 0.3) is 0 Å². The zero-order valence-corrected chi connectivity index (χ0v) is 12.0. The Balaban J connectivity index is 1.80. The smallest absolute Gasteiger partial charge is 0.306 e. The number of likely N-dealkylation sites (tertiary alicyclic amines) is 1. The van der Waals surface area contributed by atoms with Crippen LogP contribution in [0.3, 0.4) is 0 Å². The molecule has 1 aliphatic rings. The summed E-state index contributed by atoms with van der Waals surface area (Å²) in [7, 11) is 0. The van der Waals surface area contributed by atoms with Crippen molar-refractivity contribution in [2.45, 2.75) is 26.3 Å². The second-order valence-electron chi connectivity index (χ2n) is 5.03. The van der Waals surface area contributed by atoms with Gasteiger partial charge in [-0.3, -0.25) is 9.69 Å². The van der Waals surface area contributed by atoms with E-state index >= 15 is 0 Å². The van der Waals surface area contributed by atoms with Crippen molar-refractivity contribution >= 4 is 17.6 Å². The van der Waals surface area contributed by atoms with Crippen LogP contribution in [0.1, 0.15) is 25.3 Å². The Labute approximate surface area is 119 Å². The van der Waals surface area contributed by atoms with Gasteiger partial charge in [-0.25, -0.2) is 0 Å². The third-order valence-corrected chi connectivity index (χ3v) is 3.66. The number of halogens is 1. The lowest BCUT2D eigenvalue weighted by molar-refractivity contribution is -0.144. The molecule has 1 aromatic rings. The van der Waals surface area contributed by atoms with Gasteiger partial charge in [-0.1, -0.05) is 23.7 Å². The number of carbonyl (C=O) groups excluding carboxylic acids is 1. The van der Waals surface area contributed by atoms with Gasteiger partial charge in [0.15, 0.2) is 0 Å². The Bertz CT molecular complexity index is 436. The van der Waals surface area contributed by atoms with Gasteiger partial charge >= 0.3 is 5.97 Å². The lowest BCUT2D eigenvalue weighted by Gasteiger charge is -2.16. The first-order valence-corrected chi connectivity index (χ1v) is 7.17. The Kier molecular flexibility index (Phi) is 5.23. The van der Waals surface area contributed by atoms with Gasteiger partial charge in [0.2, 0.25) is 0 Å². The Hall–Kier alpha value is -1.06. The van der Waals surface area contributed by atoms with Crippen LogP contribution >= 0.6 is 11.6 Å². The number of esters is 1. The zero-order valence-electron chi connectivity index (χ0n) is 11.3. The normalized spacial score (nSPS) is 19.6. The summed E-state index contributed by atoms with van der Waals surface area (Å²) < 4.78 is 5.00. The standard InChI is InChI=1S/C15H20ClNO2/c1-2-19-15(18)9-13-6-7-17(11-13)10-12-4-3-5-14(16)8-12/h3-5,8,13H,2,6-7,9-11H2,1H3. The van der Waals surface area contributed by atoms with Crippen LogP contribution in [0.15, 0.2) is 24.3 Å². The SMILES string of the molecule is CCOC(=O)CC1CCN(Cc2cccc(Cl)c2)C1. The number of ether oxygens (including phenoxy) is 1. The molecule has 1 aliphatic heterocycles. The maximum Gasteiger partial charge on any atom is 0.306 e. The molecule has 1 aromatic carbocycles. The molecule has 0 radical (unpaired) electrons. The number of hydrogen-bond acceptors (Lipinski definition) is 3. The first-order valence-electron chi connectivity index (χ1n) is 6.79. The van der Waals surface area contributed by atoms with Gasteiger partial charge in [-0.2, -0.15) is 0 Å². The van der Waals surface area contributed by atoms with Crippen LogP contribution in [0.25, 0.3) is 0 Å². The summed E-state index contributed by atoms with van der Waals surface area (Å²) in [4.78, 5) is 13.8. The fraction of sp³-hybridized carbons (Fsp3) is 0.533. The van der Waals surface area contributed by atoms with Gasteiger partial charge in [-0.05, 0) is 43.5 Å². The topological polar surface area (TPSA) is 29.5 Å². The number of rotatable bonds is 5. The van der Waals surface area contributed by atoms with E-state index in [9.17, 15) is 4.79 Å². The van der Waals surface area contributed by atoms with Crippen molar-refractivity contribution in [2.75, 3.05) is 19.7 Å². The van der Waals surface area contributed by atoms with E-state index in [0.29, 0.717) is 18.9 Å². The molecule has 3 nitrogen and oxygen atoms in total. The maximum atomic E-state index is 11.5. The Morgan fingerprint density at radius 1 is 1.53 bits per heavy atom. The van der Waals surface area contributed by atoms with Crippen molar-refractivity contribution in [1.82, 2.24) is 4.90 Å². The molecule has 4 heteroatoms. The molecule has 1 fully saturated rings. The average molecular weight is 282 g/mol. The van der Waals surface area contributed by atoms with Crippen molar-refractivity contribution in [3.63, 3.8) is 0 Å². The van der Waals surface area contributed by atoms with Crippen LogP contribution in [0.4, 0.5) is 0 Å². The molecule has 1 atom stereocenters. The predicted molar refractivity (Wildman–Crippen MR) is 76.1 cm³/mol. The minimum atomic E-state index is -0.0721. The third kappa shape index (κ3) is 4.51. The lowest BCUT2D eigenvalue weighted by atomic mass is 10.1. The van der Waals surface area contributed by atoms with Crippen LogP contribution in [-0.4, -0.2) is 30.6 Å². The third-order valence-electron chi connectivity index (χ3n) is 3.43. The minimum Gasteiger partial charge on any atom is -0.466 e. The monoisotopic (exact) mass is 281 g/mol. The van der Waals surface area contributed by atoms with Crippen LogP contribution in [0, 0.1) is 5.92 Å². The van der Waals surface area contributed by atoms with Crippen molar-refractivity contribution in [1.29, 1.82) is 0 Å². The van der Waals surface area contributed by atoms with Crippen LogP contribution in [0.2, 0.25) is 5.02 Å². The van der Waals surface area contributed by atoms with E-state index in [1.54, 1.807) is 0 Å².